The van der Waals surface area contributed by atoms with Crippen LogP contribution < -0.4 is 10.6 Å². The van der Waals surface area contributed by atoms with E-state index < -0.39 is 11.7 Å². The van der Waals surface area contributed by atoms with Crippen LogP contribution in [0.2, 0.25) is 10.0 Å². The van der Waals surface area contributed by atoms with E-state index in [4.69, 9.17) is 39.8 Å². The van der Waals surface area contributed by atoms with Gasteiger partial charge in [-0.1, -0.05) is 23.2 Å². The second kappa shape index (κ2) is 8.55. The SMILES string of the molecule is O=C(NC(=S)Nc1ccc(I)cc1F)c1ccc(-c2cc(Cl)ccc2Cl)o1. The lowest BCUT2D eigenvalue weighted by Gasteiger charge is -2.09. The Balaban J connectivity index is 1.70. The smallest absolute Gasteiger partial charge is 0.293 e. The quantitative estimate of drug-likeness (QED) is 0.314. The summed E-state index contributed by atoms with van der Waals surface area (Å²) in [5, 5.41) is 5.94. The van der Waals surface area contributed by atoms with Crippen molar-refractivity contribution in [2.45, 2.75) is 0 Å². The largest absolute Gasteiger partial charge is 0.451 e. The van der Waals surface area contributed by atoms with E-state index in [0.717, 1.165) is 3.57 Å². The van der Waals surface area contributed by atoms with Crippen molar-refractivity contribution >= 4 is 74.7 Å². The molecule has 138 valence electrons. The highest BCUT2D eigenvalue weighted by Gasteiger charge is 2.16. The fourth-order valence-electron chi connectivity index (χ4n) is 2.20. The van der Waals surface area contributed by atoms with E-state index in [9.17, 15) is 9.18 Å². The Hall–Kier alpha value is -1.68. The number of carbonyl (C=O) groups excluding carboxylic acids is 1. The first-order chi connectivity index (χ1) is 12.8. The van der Waals surface area contributed by atoms with Gasteiger partial charge < -0.3 is 9.73 Å². The maximum absolute atomic E-state index is 13.9. The van der Waals surface area contributed by atoms with Gasteiger partial charge in [0.1, 0.15) is 11.6 Å². The number of hydrogen-bond acceptors (Lipinski definition) is 3. The van der Waals surface area contributed by atoms with Crippen molar-refractivity contribution in [3.63, 3.8) is 0 Å². The zero-order chi connectivity index (χ0) is 19.6. The predicted molar refractivity (Wildman–Crippen MR) is 117 cm³/mol. The number of benzene rings is 2. The molecule has 0 aliphatic carbocycles. The number of hydrogen-bond donors (Lipinski definition) is 2. The Morgan fingerprint density at radius 1 is 1.11 bits per heavy atom. The van der Waals surface area contributed by atoms with Crippen molar-refractivity contribution in [2.24, 2.45) is 0 Å². The van der Waals surface area contributed by atoms with Crippen molar-refractivity contribution < 1.29 is 13.6 Å². The van der Waals surface area contributed by atoms with Gasteiger partial charge in [-0.15, -0.1) is 0 Å². The van der Waals surface area contributed by atoms with Crippen LogP contribution in [-0.2, 0) is 0 Å². The third-order valence-corrected chi connectivity index (χ3v) is 4.87. The zero-order valence-corrected chi connectivity index (χ0v) is 17.8. The number of thiocarbonyl (C=S) groups is 1. The van der Waals surface area contributed by atoms with Gasteiger partial charge in [0.2, 0.25) is 0 Å². The summed E-state index contributed by atoms with van der Waals surface area (Å²) >= 11 is 19.1. The number of furan rings is 1. The molecule has 1 aromatic heterocycles. The van der Waals surface area contributed by atoms with Crippen molar-refractivity contribution in [3.8, 4) is 11.3 Å². The van der Waals surface area contributed by atoms with Crippen LogP contribution in [0.15, 0.2) is 52.9 Å². The monoisotopic (exact) mass is 534 g/mol. The van der Waals surface area contributed by atoms with E-state index in [1.165, 1.54) is 18.2 Å². The molecule has 3 rings (SSSR count). The molecule has 3 aromatic rings. The van der Waals surface area contributed by atoms with Crippen LogP contribution in [-0.4, -0.2) is 11.0 Å². The van der Waals surface area contributed by atoms with Crippen LogP contribution in [0.4, 0.5) is 10.1 Å². The summed E-state index contributed by atoms with van der Waals surface area (Å²) in [7, 11) is 0. The lowest BCUT2D eigenvalue weighted by Crippen LogP contribution is -2.34. The van der Waals surface area contributed by atoms with Crippen molar-refractivity contribution in [2.75, 3.05) is 5.32 Å². The number of rotatable bonds is 3. The van der Waals surface area contributed by atoms with Crippen LogP contribution in [0.25, 0.3) is 11.3 Å². The average molecular weight is 535 g/mol. The lowest BCUT2D eigenvalue weighted by molar-refractivity contribution is 0.0951. The number of nitrogens with one attached hydrogen (secondary N) is 2. The molecular formula is C18H10Cl2FIN2O2S. The predicted octanol–water partition coefficient (Wildman–Crippen LogP) is 6.12. The van der Waals surface area contributed by atoms with Gasteiger partial charge in [-0.25, -0.2) is 4.39 Å². The zero-order valence-electron chi connectivity index (χ0n) is 13.4. The Labute approximate surface area is 183 Å². The lowest BCUT2D eigenvalue weighted by atomic mass is 10.2. The molecule has 0 atom stereocenters. The summed E-state index contributed by atoms with van der Waals surface area (Å²) < 4.78 is 20.1. The molecule has 0 radical (unpaired) electrons. The van der Waals surface area contributed by atoms with E-state index >= 15 is 0 Å². The summed E-state index contributed by atoms with van der Waals surface area (Å²) in [4.78, 5) is 12.3. The second-order valence-corrected chi connectivity index (χ2v) is 7.82. The summed E-state index contributed by atoms with van der Waals surface area (Å²) in [6, 6.07) is 12.6. The molecule has 0 fully saturated rings. The van der Waals surface area contributed by atoms with E-state index in [2.05, 4.69) is 10.6 Å². The molecule has 2 N–H and O–H groups in total. The normalized spacial score (nSPS) is 10.5. The van der Waals surface area contributed by atoms with Crippen LogP contribution in [0.1, 0.15) is 10.6 Å². The average Bonchev–Trinajstić information content (AvgIpc) is 3.09. The molecule has 2 aromatic carbocycles. The van der Waals surface area contributed by atoms with Gasteiger partial charge in [0.25, 0.3) is 5.91 Å². The highest BCUT2D eigenvalue weighted by Crippen LogP contribution is 2.31. The number of carbonyl (C=O) groups is 1. The Bertz CT molecular complexity index is 1040. The Kier molecular flexibility index (Phi) is 6.36. The van der Waals surface area contributed by atoms with Crippen LogP contribution in [0.3, 0.4) is 0 Å². The number of halogens is 4. The molecule has 1 heterocycles. The number of anilines is 1. The fraction of sp³-hybridized carbons (Fsp3) is 0. The molecule has 1 amide bonds. The minimum Gasteiger partial charge on any atom is -0.451 e. The maximum Gasteiger partial charge on any atom is 0.293 e. The Morgan fingerprint density at radius 3 is 2.63 bits per heavy atom. The molecule has 0 spiro atoms. The third kappa shape index (κ3) is 4.98. The molecule has 0 unspecified atom stereocenters. The van der Waals surface area contributed by atoms with E-state index in [0.29, 0.717) is 21.4 Å². The fourth-order valence-corrected chi connectivity index (χ4v) is 3.24. The van der Waals surface area contributed by atoms with Gasteiger partial charge >= 0.3 is 0 Å². The van der Waals surface area contributed by atoms with Crippen molar-refractivity contribution in [1.29, 1.82) is 0 Å². The molecule has 0 bridgehead atoms. The molecular weight excluding hydrogens is 525 g/mol. The van der Waals surface area contributed by atoms with Gasteiger partial charge in [-0.05, 0) is 83.3 Å². The minimum absolute atomic E-state index is 0.0216. The van der Waals surface area contributed by atoms with Gasteiger partial charge in [0.05, 0.1) is 10.7 Å². The first-order valence-electron chi connectivity index (χ1n) is 7.46. The third-order valence-electron chi connectivity index (χ3n) is 3.43. The van der Waals surface area contributed by atoms with Gasteiger partial charge in [-0.2, -0.15) is 0 Å². The minimum atomic E-state index is -0.581. The molecule has 0 aliphatic rings. The molecule has 0 saturated heterocycles. The first-order valence-corrected chi connectivity index (χ1v) is 9.70. The summed E-state index contributed by atoms with van der Waals surface area (Å²) in [6.45, 7) is 0. The van der Waals surface area contributed by atoms with Crippen LogP contribution in [0.5, 0.6) is 0 Å². The summed E-state index contributed by atoms with van der Waals surface area (Å²) in [5.74, 6) is -0.652. The Morgan fingerprint density at radius 2 is 1.89 bits per heavy atom. The standard InChI is InChI=1S/C18H10Cl2FIN2O2S/c19-9-1-3-12(20)11(7-9)15-5-6-16(26-15)17(25)24-18(27)23-14-4-2-10(22)8-13(14)21/h1-8H,(H2,23,24,25,27). The first kappa shape index (κ1) is 20.1. The maximum atomic E-state index is 13.9. The number of amides is 1. The van der Waals surface area contributed by atoms with Crippen molar-refractivity contribution in [3.05, 3.63) is 73.7 Å². The molecule has 0 aliphatic heterocycles. The van der Waals surface area contributed by atoms with E-state index in [1.807, 2.05) is 22.6 Å². The van der Waals surface area contributed by atoms with Gasteiger partial charge in [-0.3, -0.25) is 10.1 Å². The highest BCUT2D eigenvalue weighted by atomic mass is 127. The van der Waals surface area contributed by atoms with Crippen molar-refractivity contribution in [1.82, 2.24) is 5.32 Å². The highest BCUT2D eigenvalue weighted by molar-refractivity contribution is 14.1. The molecule has 0 saturated carbocycles. The van der Waals surface area contributed by atoms with Crippen LogP contribution in [0, 0.1) is 9.39 Å². The molecule has 27 heavy (non-hydrogen) atoms. The summed E-state index contributed by atoms with van der Waals surface area (Å²) in [6.07, 6.45) is 0. The second-order valence-electron chi connectivity index (χ2n) is 5.32. The van der Waals surface area contributed by atoms with E-state index in [-0.39, 0.29) is 16.6 Å². The summed E-state index contributed by atoms with van der Waals surface area (Å²) in [5.41, 5.74) is 0.719. The van der Waals surface area contributed by atoms with Crippen LogP contribution >= 0.6 is 58.0 Å². The van der Waals surface area contributed by atoms with Gasteiger partial charge in [0.15, 0.2) is 10.9 Å². The molecule has 4 nitrogen and oxygen atoms in total. The van der Waals surface area contributed by atoms with Gasteiger partial charge in [0, 0.05) is 14.2 Å². The topological polar surface area (TPSA) is 54.3 Å². The molecule has 9 heteroatoms. The van der Waals surface area contributed by atoms with E-state index in [1.54, 1.807) is 30.3 Å².